The molecule has 0 spiro atoms. The summed E-state index contributed by atoms with van der Waals surface area (Å²) < 4.78 is 5.14. The lowest BCUT2D eigenvalue weighted by molar-refractivity contribution is -0.134. The summed E-state index contributed by atoms with van der Waals surface area (Å²) in [7, 11) is 1.54. The van der Waals surface area contributed by atoms with Crippen LogP contribution in [0.5, 0.6) is 5.75 Å². The van der Waals surface area contributed by atoms with E-state index in [0.29, 0.717) is 29.0 Å². The smallest absolute Gasteiger partial charge is 0.325 e. The zero-order valence-electron chi connectivity index (χ0n) is 17.0. The number of ketones is 1. The zero-order valence-corrected chi connectivity index (χ0v) is 17.0. The number of carbonyl (C=O) groups is 4. The van der Waals surface area contributed by atoms with E-state index >= 15 is 0 Å². The number of nitrogens with zero attached hydrogens (tertiary/aromatic N) is 1. The Bertz CT molecular complexity index is 1000. The predicted molar refractivity (Wildman–Crippen MR) is 110 cm³/mol. The average Bonchev–Trinajstić information content (AvgIpc) is 2.99. The molecule has 4 amide bonds. The normalized spacial score (nSPS) is 18.2. The quantitative estimate of drug-likeness (QED) is 0.540. The molecule has 0 unspecified atom stereocenters. The van der Waals surface area contributed by atoms with Crippen molar-refractivity contribution in [2.45, 2.75) is 25.8 Å². The van der Waals surface area contributed by atoms with E-state index in [2.05, 4.69) is 10.6 Å². The largest absolute Gasteiger partial charge is 0.497 e. The molecule has 8 heteroatoms. The standard InChI is InChI=1S/C22H23N3O5/c1-4-22(15-9-11-16(30-3)12-10-15)20(28)25(21(29)24-22)13-19(27)23-18-8-6-5-7-17(18)14(2)26/h5-12H,4,13H2,1-3H3,(H,23,27)(H,24,29)/t22-/m1/s1. The molecule has 2 N–H and O–H groups in total. The maximum absolute atomic E-state index is 13.2. The Labute approximate surface area is 174 Å². The van der Waals surface area contributed by atoms with Crippen molar-refractivity contribution in [3.8, 4) is 5.75 Å². The van der Waals surface area contributed by atoms with Gasteiger partial charge in [0.15, 0.2) is 5.78 Å². The van der Waals surface area contributed by atoms with E-state index in [4.69, 9.17) is 4.74 Å². The average molecular weight is 409 g/mol. The molecule has 0 radical (unpaired) electrons. The Morgan fingerprint density at radius 2 is 1.77 bits per heavy atom. The first-order valence-electron chi connectivity index (χ1n) is 9.51. The molecule has 1 atom stereocenters. The van der Waals surface area contributed by atoms with Crippen LogP contribution >= 0.6 is 0 Å². The molecule has 30 heavy (non-hydrogen) atoms. The van der Waals surface area contributed by atoms with Gasteiger partial charge < -0.3 is 15.4 Å². The number of hydrogen-bond acceptors (Lipinski definition) is 5. The monoisotopic (exact) mass is 409 g/mol. The molecule has 1 fully saturated rings. The van der Waals surface area contributed by atoms with Crippen molar-refractivity contribution in [3.05, 3.63) is 59.7 Å². The number of benzene rings is 2. The van der Waals surface area contributed by atoms with E-state index in [1.165, 1.54) is 14.0 Å². The molecule has 1 saturated heterocycles. The number of rotatable bonds is 7. The molecule has 2 aromatic rings. The van der Waals surface area contributed by atoms with Crippen LogP contribution in [0.2, 0.25) is 0 Å². The summed E-state index contributed by atoms with van der Waals surface area (Å²) in [6, 6.07) is 12.8. The Morgan fingerprint density at radius 3 is 2.37 bits per heavy atom. The van der Waals surface area contributed by atoms with Gasteiger partial charge in [-0.3, -0.25) is 19.3 Å². The summed E-state index contributed by atoms with van der Waals surface area (Å²) in [5, 5.41) is 5.34. The molecule has 0 aromatic heterocycles. The Balaban J connectivity index is 1.80. The molecule has 0 saturated carbocycles. The number of anilines is 1. The van der Waals surface area contributed by atoms with E-state index in [-0.39, 0.29) is 5.78 Å². The van der Waals surface area contributed by atoms with Gasteiger partial charge >= 0.3 is 6.03 Å². The number of nitrogens with one attached hydrogen (secondary N) is 2. The molecule has 8 nitrogen and oxygen atoms in total. The third-order valence-corrected chi connectivity index (χ3v) is 5.17. The number of urea groups is 1. The summed E-state index contributed by atoms with van der Waals surface area (Å²) in [5.41, 5.74) is 0.0399. The second-order valence-electron chi connectivity index (χ2n) is 6.96. The van der Waals surface area contributed by atoms with Crippen LogP contribution < -0.4 is 15.4 Å². The first kappa shape index (κ1) is 21.0. The molecular formula is C22H23N3O5. The highest BCUT2D eigenvalue weighted by atomic mass is 16.5. The van der Waals surface area contributed by atoms with Gasteiger partial charge in [-0.15, -0.1) is 0 Å². The van der Waals surface area contributed by atoms with Gasteiger partial charge in [0.2, 0.25) is 5.91 Å². The summed E-state index contributed by atoms with van der Waals surface area (Å²) >= 11 is 0. The van der Waals surface area contributed by atoms with Crippen LogP contribution in [0.4, 0.5) is 10.5 Å². The van der Waals surface area contributed by atoms with Crippen LogP contribution in [-0.4, -0.2) is 42.2 Å². The molecule has 3 rings (SSSR count). The lowest BCUT2D eigenvalue weighted by atomic mass is 9.87. The lowest BCUT2D eigenvalue weighted by Gasteiger charge is -2.26. The number of hydrogen-bond donors (Lipinski definition) is 2. The molecule has 1 aliphatic rings. The Hall–Kier alpha value is -3.68. The zero-order chi connectivity index (χ0) is 21.9. The molecule has 0 aliphatic carbocycles. The number of ether oxygens (including phenoxy) is 1. The minimum absolute atomic E-state index is 0.203. The molecule has 156 valence electrons. The van der Waals surface area contributed by atoms with Gasteiger partial charge in [-0.05, 0) is 43.2 Å². The first-order chi connectivity index (χ1) is 14.3. The number of carbonyl (C=O) groups excluding carboxylic acids is 4. The summed E-state index contributed by atoms with van der Waals surface area (Å²) in [4.78, 5) is 50.9. The summed E-state index contributed by atoms with van der Waals surface area (Å²) in [6.45, 7) is 2.72. The number of para-hydroxylation sites is 1. The van der Waals surface area contributed by atoms with Crippen molar-refractivity contribution in [3.63, 3.8) is 0 Å². The maximum atomic E-state index is 13.2. The number of Topliss-reactive ketones (excluding diaryl/α,β-unsaturated/α-hetero) is 1. The van der Waals surface area contributed by atoms with Gasteiger partial charge in [0.1, 0.15) is 17.8 Å². The van der Waals surface area contributed by atoms with Gasteiger partial charge in [0.25, 0.3) is 5.91 Å². The molecule has 0 bridgehead atoms. The van der Waals surface area contributed by atoms with E-state index in [1.807, 2.05) is 0 Å². The highest BCUT2D eigenvalue weighted by Gasteiger charge is 2.51. The minimum Gasteiger partial charge on any atom is -0.497 e. The lowest BCUT2D eigenvalue weighted by Crippen LogP contribution is -2.44. The van der Waals surface area contributed by atoms with Crippen molar-refractivity contribution >= 4 is 29.3 Å². The highest BCUT2D eigenvalue weighted by Crippen LogP contribution is 2.33. The van der Waals surface area contributed by atoms with E-state index in [0.717, 1.165) is 4.90 Å². The van der Waals surface area contributed by atoms with Gasteiger partial charge in [-0.25, -0.2) is 4.79 Å². The van der Waals surface area contributed by atoms with E-state index < -0.39 is 29.9 Å². The second kappa shape index (κ2) is 8.36. The van der Waals surface area contributed by atoms with Gasteiger partial charge in [0, 0.05) is 5.56 Å². The van der Waals surface area contributed by atoms with Crippen molar-refractivity contribution in [2.75, 3.05) is 19.0 Å². The molecule has 2 aromatic carbocycles. The van der Waals surface area contributed by atoms with Gasteiger partial charge in [0.05, 0.1) is 12.8 Å². The minimum atomic E-state index is -1.25. The van der Waals surface area contributed by atoms with Crippen LogP contribution in [-0.2, 0) is 15.1 Å². The van der Waals surface area contributed by atoms with Crippen LogP contribution in [0.25, 0.3) is 0 Å². The Morgan fingerprint density at radius 1 is 1.10 bits per heavy atom. The number of amides is 4. The SMILES string of the molecule is CC[C@]1(c2ccc(OC)cc2)NC(=O)N(CC(=O)Nc2ccccc2C(C)=O)C1=O. The number of methoxy groups -OCH3 is 1. The van der Waals surface area contributed by atoms with Crippen molar-refractivity contribution < 1.29 is 23.9 Å². The fourth-order valence-corrected chi connectivity index (χ4v) is 3.52. The van der Waals surface area contributed by atoms with Crippen LogP contribution in [0.1, 0.15) is 36.2 Å². The Kier molecular flexibility index (Phi) is 5.86. The van der Waals surface area contributed by atoms with E-state index in [9.17, 15) is 19.2 Å². The van der Waals surface area contributed by atoms with Crippen molar-refractivity contribution in [1.82, 2.24) is 10.2 Å². The topological polar surface area (TPSA) is 105 Å². The first-order valence-corrected chi connectivity index (χ1v) is 9.51. The maximum Gasteiger partial charge on any atom is 0.325 e. The van der Waals surface area contributed by atoms with Gasteiger partial charge in [-0.2, -0.15) is 0 Å². The summed E-state index contributed by atoms with van der Waals surface area (Å²) in [6.07, 6.45) is 0.315. The van der Waals surface area contributed by atoms with Crippen molar-refractivity contribution in [2.24, 2.45) is 0 Å². The van der Waals surface area contributed by atoms with Crippen LogP contribution in [0, 0.1) is 0 Å². The number of imide groups is 1. The van der Waals surface area contributed by atoms with E-state index in [1.54, 1.807) is 55.5 Å². The fraction of sp³-hybridized carbons (Fsp3) is 0.273. The second-order valence-corrected chi connectivity index (χ2v) is 6.96. The third kappa shape index (κ3) is 3.76. The molecule has 1 aliphatic heterocycles. The van der Waals surface area contributed by atoms with Crippen LogP contribution in [0.3, 0.4) is 0 Å². The third-order valence-electron chi connectivity index (χ3n) is 5.17. The predicted octanol–water partition coefficient (Wildman–Crippen LogP) is 2.69. The van der Waals surface area contributed by atoms with Gasteiger partial charge in [-0.1, -0.05) is 31.2 Å². The fourth-order valence-electron chi connectivity index (χ4n) is 3.52. The molecule has 1 heterocycles. The summed E-state index contributed by atoms with van der Waals surface area (Å²) in [5.74, 6) is -0.656. The van der Waals surface area contributed by atoms with Crippen molar-refractivity contribution in [1.29, 1.82) is 0 Å². The highest BCUT2D eigenvalue weighted by molar-refractivity contribution is 6.11. The van der Waals surface area contributed by atoms with Crippen LogP contribution in [0.15, 0.2) is 48.5 Å². The molecular weight excluding hydrogens is 386 g/mol.